The molecule has 4 heteroatoms. The second-order valence-corrected chi connectivity index (χ2v) is 7.08. The lowest BCUT2D eigenvalue weighted by atomic mass is 9.88. The summed E-state index contributed by atoms with van der Waals surface area (Å²) in [6, 6.07) is 6.03. The summed E-state index contributed by atoms with van der Waals surface area (Å²) in [5, 5.41) is 1.19. The van der Waals surface area contributed by atoms with E-state index in [-0.39, 0.29) is 6.04 Å². The first-order chi connectivity index (χ1) is 8.81. The molecule has 0 heterocycles. The molecule has 0 aliphatic rings. The highest BCUT2D eigenvalue weighted by atomic mass is 35.5. The first-order valence-electron chi connectivity index (χ1n) is 6.72. The first kappa shape index (κ1) is 16.8. The minimum atomic E-state index is 0.277. The van der Waals surface area contributed by atoms with Crippen molar-refractivity contribution in [2.75, 3.05) is 0 Å². The molecule has 0 bridgehead atoms. The number of hydrazine groups is 1. The number of rotatable bonds is 6. The topological polar surface area (TPSA) is 38.0 Å². The van der Waals surface area contributed by atoms with Crippen LogP contribution < -0.4 is 11.3 Å². The van der Waals surface area contributed by atoms with Crippen LogP contribution in [0.2, 0.25) is 10.0 Å². The van der Waals surface area contributed by atoms with Crippen LogP contribution in [0.15, 0.2) is 18.2 Å². The zero-order valence-electron chi connectivity index (χ0n) is 12.0. The first-order valence-corrected chi connectivity index (χ1v) is 7.47. The van der Waals surface area contributed by atoms with Crippen LogP contribution in [-0.4, -0.2) is 6.04 Å². The standard InChI is InChI=1S/C15H24Cl2N2/c1-15(2,3)8-4-5-12(19-18)9-11-6-7-13(16)14(17)10-11/h6-7,10,12,19H,4-5,8-9,18H2,1-3H3. The Morgan fingerprint density at radius 2 is 1.89 bits per heavy atom. The van der Waals surface area contributed by atoms with Crippen molar-refractivity contribution in [1.82, 2.24) is 5.43 Å². The summed E-state index contributed by atoms with van der Waals surface area (Å²) >= 11 is 11.9. The molecule has 1 atom stereocenters. The van der Waals surface area contributed by atoms with Crippen molar-refractivity contribution < 1.29 is 0 Å². The second-order valence-electron chi connectivity index (χ2n) is 6.27. The lowest BCUT2D eigenvalue weighted by Crippen LogP contribution is -2.36. The predicted molar refractivity (Wildman–Crippen MR) is 84.6 cm³/mol. The van der Waals surface area contributed by atoms with Gasteiger partial charge in [0.1, 0.15) is 0 Å². The van der Waals surface area contributed by atoms with Gasteiger partial charge in [0.15, 0.2) is 0 Å². The van der Waals surface area contributed by atoms with E-state index in [0.29, 0.717) is 15.5 Å². The smallest absolute Gasteiger partial charge is 0.0595 e. The molecule has 1 aromatic rings. The number of nitrogens with two attached hydrogens (primary N) is 1. The average molecular weight is 303 g/mol. The van der Waals surface area contributed by atoms with Gasteiger partial charge in [0, 0.05) is 6.04 Å². The number of nitrogens with one attached hydrogen (secondary N) is 1. The van der Waals surface area contributed by atoms with Gasteiger partial charge in [-0.1, -0.05) is 56.5 Å². The van der Waals surface area contributed by atoms with Crippen molar-refractivity contribution in [3.63, 3.8) is 0 Å². The zero-order chi connectivity index (χ0) is 14.5. The molecule has 0 aliphatic carbocycles. The Hall–Kier alpha value is -0.280. The number of benzene rings is 1. The van der Waals surface area contributed by atoms with E-state index in [0.717, 1.165) is 18.4 Å². The fourth-order valence-corrected chi connectivity index (χ4v) is 2.39. The third-order valence-corrected chi connectivity index (χ3v) is 3.92. The maximum atomic E-state index is 6.02. The van der Waals surface area contributed by atoms with Gasteiger partial charge in [0.25, 0.3) is 0 Å². The Bertz CT molecular complexity index is 400. The Balaban J connectivity index is 2.49. The molecule has 0 aromatic heterocycles. The van der Waals surface area contributed by atoms with Gasteiger partial charge in [-0.15, -0.1) is 0 Å². The van der Waals surface area contributed by atoms with Crippen LogP contribution in [-0.2, 0) is 6.42 Å². The van der Waals surface area contributed by atoms with Gasteiger partial charge in [0.05, 0.1) is 10.0 Å². The molecule has 1 rings (SSSR count). The molecule has 0 spiro atoms. The normalized spacial score (nSPS) is 13.6. The van der Waals surface area contributed by atoms with Crippen LogP contribution in [0.4, 0.5) is 0 Å². The summed E-state index contributed by atoms with van der Waals surface area (Å²) in [5.74, 6) is 5.63. The van der Waals surface area contributed by atoms with E-state index < -0.39 is 0 Å². The monoisotopic (exact) mass is 302 g/mol. The van der Waals surface area contributed by atoms with Gasteiger partial charge >= 0.3 is 0 Å². The van der Waals surface area contributed by atoms with Gasteiger partial charge < -0.3 is 0 Å². The molecule has 0 fully saturated rings. The van der Waals surface area contributed by atoms with Gasteiger partial charge in [0.2, 0.25) is 0 Å². The molecule has 2 nitrogen and oxygen atoms in total. The predicted octanol–water partition coefficient (Wildman–Crippen LogP) is 4.58. The zero-order valence-corrected chi connectivity index (χ0v) is 13.5. The van der Waals surface area contributed by atoms with Crippen molar-refractivity contribution in [3.05, 3.63) is 33.8 Å². The van der Waals surface area contributed by atoms with Gasteiger partial charge in [-0.2, -0.15) is 0 Å². The number of hydrogen-bond donors (Lipinski definition) is 2. The Labute approximate surface area is 126 Å². The molecular formula is C15H24Cl2N2. The highest BCUT2D eigenvalue weighted by molar-refractivity contribution is 6.42. The molecule has 0 aliphatic heterocycles. The lowest BCUT2D eigenvalue weighted by Gasteiger charge is -2.21. The quantitative estimate of drug-likeness (QED) is 0.596. The molecule has 3 N–H and O–H groups in total. The molecule has 19 heavy (non-hydrogen) atoms. The summed E-state index contributed by atoms with van der Waals surface area (Å²) in [4.78, 5) is 0. The van der Waals surface area contributed by atoms with E-state index in [1.807, 2.05) is 18.2 Å². The van der Waals surface area contributed by atoms with Crippen molar-refractivity contribution in [2.24, 2.45) is 11.3 Å². The minimum absolute atomic E-state index is 0.277. The fourth-order valence-electron chi connectivity index (χ4n) is 2.07. The molecule has 1 unspecified atom stereocenters. The third-order valence-electron chi connectivity index (χ3n) is 3.18. The summed E-state index contributed by atoms with van der Waals surface area (Å²) in [6.45, 7) is 6.78. The SMILES string of the molecule is CC(C)(C)CCCC(Cc1ccc(Cl)c(Cl)c1)NN. The summed E-state index contributed by atoms with van der Waals surface area (Å²) in [6.07, 6.45) is 4.30. The summed E-state index contributed by atoms with van der Waals surface area (Å²) in [7, 11) is 0. The molecule has 0 saturated carbocycles. The maximum Gasteiger partial charge on any atom is 0.0595 e. The Kier molecular flexibility index (Phi) is 6.61. The van der Waals surface area contributed by atoms with Crippen LogP contribution in [0.1, 0.15) is 45.6 Å². The van der Waals surface area contributed by atoms with Gasteiger partial charge in [-0.05, 0) is 42.4 Å². The van der Waals surface area contributed by atoms with E-state index >= 15 is 0 Å². The van der Waals surface area contributed by atoms with Gasteiger partial charge in [-0.25, -0.2) is 0 Å². The molecular weight excluding hydrogens is 279 g/mol. The van der Waals surface area contributed by atoms with Crippen molar-refractivity contribution in [3.8, 4) is 0 Å². The maximum absolute atomic E-state index is 6.02. The van der Waals surface area contributed by atoms with Gasteiger partial charge in [-0.3, -0.25) is 11.3 Å². The summed E-state index contributed by atoms with van der Waals surface area (Å²) < 4.78 is 0. The van der Waals surface area contributed by atoms with Crippen molar-refractivity contribution in [1.29, 1.82) is 0 Å². The molecule has 0 radical (unpaired) electrons. The van der Waals surface area contributed by atoms with Crippen LogP contribution in [0.5, 0.6) is 0 Å². The van der Waals surface area contributed by atoms with Crippen LogP contribution in [0, 0.1) is 5.41 Å². The van der Waals surface area contributed by atoms with E-state index in [9.17, 15) is 0 Å². The van der Waals surface area contributed by atoms with Crippen LogP contribution in [0.25, 0.3) is 0 Å². The highest BCUT2D eigenvalue weighted by Gasteiger charge is 2.13. The largest absolute Gasteiger partial charge is 0.271 e. The number of hydrogen-bond acceptors (Lipinski definition) is 2. The minimum Gasteiger partial charge on any atom is -0.271 e. The van der Waals surface area contributed by atoms with E-state index in [2.05, 4.69) is 26.2 Å². The van der Waals surface area contributed by atoms with Crippen LogP contribution >= 0.6 is 23.2 Å². The summed E-state index contributed by atoms with van der Waals surface area (Å²) in [5.41, 5.74) is 4.43. The molecule has 0 saturated heterocycles. The third kappa shape index (κ3) is 6.62. The van der Waals surface area contributed by atoms with Crippen molar-refractivity contribution in [2.45, 2.75) is 52.5 Å². The lowest BCUT2D eigenvalue weighted by molar-refractivity contribution is 0.342. The van der Waals surface area contributed by atoms with Crippen molar-refractivity contribution >= 4 is 23.2 Å². The Morgan fingerprint density at radius 3 is 2.42 bits per heavy atom. The molecule has 0 amide bonds. The van der Waals surface area contributed by atoms with E-state index in [1.54, 1.807) is 0 Å². The average Bonchev–Trinajstić information content (AvgIpc) is 2.31. The van der Waals surface area contributed by atoms with E-state index in [1.165, 1.54) is 12.8 Å². The molecule has 108 valence electrons. The second kappa shape index (κ2) is 7.49. The Morgan fingerprint density at radius 1 is 1.21 bits per heavy atom. The number of halogens is 2. The fraction of sp³-hybridized carbons (Fsp3) is 0.600. The highest BCUT2D eigenvalue weighted by Crippen LogP contribution is 2.25. The molecule has 1 aromatic carbocycles. The van der Waals surface area contributed by atoms with E-state index in [4.69, 9.17) is 29.0 Å². The van der Waals surface area contributed by atoms with Crippen LogP contribution in [0.3, 0.4) is 0 Å².